The van der Waals surface area contributed by atoms with E-state index in [1.54, 1.807) is 0 Å². The maximum atomic E-state index is 11.9. The third-order valence-electron chi connectivity index (χ3n) is 6.96. The first-order chi connectivity index (χ1) is 15.2. The predicted molar refractivity (Wildman–Crippen MR) is 133 cm³/mol. The summed E-state index contributed by atoms with van der Waals surface area (Å²) < 4.78 is 5.65. The molecule has 0 radical (unpaired) electrons. The minimum Gasteiger partial charge on any atom is -0.426 e. The predicted octanol–water partition coefficient (Wildman–Crippen LogP) is 5.66. The van der Waals surface area contributed by atoms with Crippen LogP contribution in [0.5, 0.6) is 5.75 Å². The molecule has 0 spiro atoms. The van der Waals surface area contributed by atoms with Crippen LogP contribution in [0, 0.1) is 0 Å². The molecule has 0 N–H and O–H groups in total. The van der Waals surface area contributed by atoms with Crippen LogP contribution in [0.15, 0.2) is 54.6 Å². The van der Waals surface area contributed by atoms with E-state index in [0.29, 0.717) is 12.2 Å². The quantitative estimate of drug-likeness (QED) is 0.397. The number of piperazine rings is 1. The Morgan fingerprint density at radius 2 is 1.59 bits per heavy atom. The van der Waals surface area contributed by atoms with Crippen molar-refractivity contribution in [1.82, 2.24) is 9.80 Å². The minimum atomic E-state index is -0.176. The summed E-state index contributed by atoms with van der Waals surface area (Å²) in [5.74, 6) is 0.529. The molecule has 2 aliphatic rings. The fourth-order valence-electron chi connectivity index (χ4n) is 5.17. The van der Waals surface area contributed by atoms with E-state index < -0.39 is 0 Å². The Bertz CT molecular complexity index is 831. The summed E-state index contributed by atoms with van der Waals surface area (Å²) in [6.45, 7) is 6.32. The molecule has 1 saturated carbocycles. The lowest BCUT2D eigenvalue weighted by atomic mass is 9.93. The fourth-order valence-corrected chi connectivity index (χ4v) is 5.17. The van der Waals surface area contributed by atoms with E-state index in [9.17, 15) is 4.79 Å². The largest absolute Gasteiger partial charge is 0.426 e. The van der Waals surface area contributed by atoms with E-state index in [1.807, 2.05) is 25.1 Å². The number of halogens is 1. The second kappa shape index (κ2) is 12.4. The highest BCUT2D eigenvalue weighted by Crippen LogP contribution is 2.31. The Hall–Kier alpha value is -1.88. The molecule has 2 fully saturated rings. The highest BCUT2D eigenvalue weighted by molar-refractivity contribution is 5.85. The van der Waals surface area contributed by atoms with Gasteiger partial charge in [-0.15, -0.1) is 12.4 Å². The lowest BCUT2D eigenvalue weighted by molar-refractivity contribution is -0.134. The number of ether oxygens (including phenoxy) is 1. The van der Waals surface area contributed by atoms with Gasteiger partial charge in [-0.2, -0.15) is 0 Å². The van der Waals surface area contributed by atoms with Gasteiger partial charge in [-0.25, -0.2) is 0 Å². The molecule has 1 atom stereocenters. The van der Waals surface area contributed by atoms with Gasteiger partial charge in [0, 0.05) is 44.7 Å². The van der Waals surface area contributed by atoms with Crippen LogP contribution >= 0.6 is 12.4 Å². The average molecular weight is 457 g/mol. The second-order valence-electron chi connectivity index (χ2n) is 8.93. The molecule has 174 valence electrons. The summed E-state index contributed by atoms with van der Waals surface area (Å²) in [7, 11) is 0. The zero-order valence-electron chi connectivity index (χ0n) is 19.2. The standard InChI is InChI=1S/C27H36N2O2.ClH/c1-2-27(30)31-26-16-10-9-13-23(26)21-25(22-11-5-3-6-12-22)29-19-17-28(18-20-29)24-14-7-4-8-15-24;/h3,5-6,9-13,16,24-25H,2,4,7-8,14-15,17-21H2,1H3;1H. The van der Waals surface area contributed by atoms with Gasteiger partial charge in [0.25, 0.3) is 0 Å². The number of carbonyl (C=O) groups is 1. The molecule has 2 aromatic carbocycles. The summed E-state index contributed by atoms with van der Waals surface area (Å²) in [5.41, 5.74) is 2.44. The number of hydrogen-bond donors (Lipinski definition) is 0. The van der Waals surface area contributed by atoms with Crippen molar-refractivity contribution < 1.29 is 9.53 Å². The average Bonchev–Trinajstić information content (AvgIpc) is 2.84. The van der Waals surface area contributed by atoms with Gasteiger partial charge in [-0.3, -0.25) is 14.6 Å². The normalized spacial score (nSPS) is 19.2. The maximum absolute atomic E-state index is 11.9. The van der Waals surface area contributed by atoms with Crippen LogP contribution in [0.3, 0.4) is 0 Å². The molecule has 5 heteroatoms. The third-order valence-corrected chi connectivity index (χ3v) is 6.96. The third kappa shape index (κ3) is 6.34. The Labute approximate surface area is 199 Å². The van der Waals surface area contributed by atoms with Crippen molar-refractivity contribution in [1.29, 1.82) is 0 Å². The van der Waals surface area contributed by atoms with Crippen LogP contribution in [0.4, 0.5) is 0 Å². The first-order valence-electron chi connectivity index (χ1n) is 12.1. The van der Waals surface area contributed by atoms with Gasteiger partial charge < -0.3 is 4.74 Å². The monoisotopic (exact) mass is 456 g/mol. The molecule has 0 bridgehead atoms. The zero-order chi connectivity index (χ0) is 21.5. The van der Waals surface area contributed by atoms with E-state index in [0.717, 1.165) is 44.2 Å². The first kappa shape index (κ1) is 24.8. The van der Waals surface area contributed by atoms with Gasteiger partial charge in [0.2, 0.25) is 0 Å². The van der Waals surface area contributed by atoms with Gasteiger partial charge in [0.05, 0.1) is 0 Å². The minimum absolute atomic E-state index is 0. The van der Waals surface area contributed by atoms with Crippen molar-refractivity contribution in [3.63, 3.8) is 0 Å². The van der Waals surface area contributed by atoms with E-state index in [2.05, 4.69) is 46.2 Å². The molecular formula is C27H37ClN2O2. The van der Waals surface area contributed by atoms with Crippen molar-refractivity contribution in [2.45, 2.75) is 64.0 Å². The van der Waals surface area contributed by atoms with Crippen molar-refractivity contribution in [3.05, 3.63) is 65.7 Å². The Kier molecular flexibility index (Phi) is 9.58. The van der Waals surface area contributed by atoms with Crippen molar-refractivity contribution >= 4 is 18.4 Å². The van der Waals surface area contributed by atoms with E-state index in [1.165, 1.54) is 37.7 Å². The summed E-state index contributed by atoms with van der Waals surface area (Å²) in [4.78, 5) is 17.3. The Morgan fingerprint density at radius 3 is 2.28 bits per heavy atom. The van der Waals surface area contributed by atoms with Crippen LogP contribution in [0.2, 0.25) is 0 Å². The van der Waals surface area contributed by atoms with E-state index in [-0.39, 0.29) is 24.4 Å². The van der Waals surface area contributed by atoms with Gasteiger partial charge in [0.1, 0.15) is 5.75 Å². The number of para-hydroxylation sites is 1. The maximum Gasteiger partial charge on any atom is 0.310 e. The van der Waals surface area contributed by atoms with Crippen molar-refractivity contribution in [2.75, 3.05) is 26.2 Å². The first-order valence-corrected chi connectivity index (χ1v) is 12.1. The summed E-state index contributed by atoms with van der Waals surface area (Å²) in [6.07, 6.45) is 8.18. The molecule has 0 amide bonds. The number of hydrogen-bond acceptors (Lipinski definition) is 4. The van der Waals surface area contributed by atoms with E-state index in [4.69, 9.17) is 4.74 Å². The van der Waals surface area contributed by atoms with Crippen LogP contribution in [-0.2, 0) is 11.2 Å². The smallest absolute Gasteiger partial charge is 0.310 e. The van der Waals surface area contributed by atoms with Gasteiger partial charge in [-0.05, 0) is 36.5 Å². The lowest BCUT2D eigenvalue weighted by Crippen LogP contribution is -2.51. The highest BCUT2D eigenvalue weighted by Gasteiger charge is 2.29. The lowest BCUT2D eigenvalue weighted by Gasteiger charge is -2.43. The molecule has 1 aliphatic carbocycles. The number of esters is 1. The Morgan fingerprint density at radius 1 is 0.938 bits per heavy atom. The van der Waals surface area contributed by atoms with Crippen LogP contribution in [0.1, 0.15) is 62.6 Å². The molecule has 4 nitrogen and oxygen atoms in total. The molecule has 0 aromatic heterocycles. The molecule has 1 saturated heterocycles. The molecular weight excluding hydrogens is 420 g/mol. The number of nitrogens with zero attached hydrogens (tertiary/aromatic N) is 2. The Balaban J connectivity index is 0.00000289. The van der Waals surface area contributed by atoms with Gasteiger partial charge >= 0.3 is 5.97 Å². The molecule has 1 unspecified atom stereocenters. The summed E-state index contributed by atoms with van der Waals surface area (Å²) in [6, 6.07) is 19.9. The van der Waals surface area contributed by atoms with Gasteiger partial charge in [-0.1, -0.05) is 74.7 Å². The van der Waals surface area contributed by atoms with Crippen LogP contribution < -0.4 is 4.74 Å². The van der Waals surface area contributed by atoms with Crippen LogP contribution in [0.25, 0.3) is 0 Å². The van der Waals surface area contributed by atoms with Gasteiger partial charge in [0.15, 0.2) is 0 Å². The highest BCUT2D eigenvalue weighted by atomic mass is 35.5. The van der Waals surface area contributed by atoms with E-state index >= 15 is 0 Å². The van der Waals surface area contributed by atoms with Crippen LogP contribution in [-0.4, -0.2) is 48.0 Å². The topological polar surface area (TPSA) is 32.8 Å². The molecule has 2 aromatic rings. The zero-order valence-corrected chi connectivity index (χ0v) is 20.1. The molecule has 32 heavy (non-hydrogen) atoms. The second-order valence-corrected chi connectivity index (χ2v) is 8.93. The molecule has 1 heterocycles. The van der Waals surface area contributed by atoms with Crippen molar-refractivity contribution in [2.24, 2.45) is 0 Å². The number of carbonyl (C=O) groups excluding carboxylic acids is 1. The fraction of sp³-hybridized carbons (Fsp3) is 0.519. The molecule has 1 aliphatic heterocycles. The summed E-state index contributed by atoms with van der Waals surface area (Å²) in [5, 5.41) is 0. The number of benzene rings is 2. The van der Waals surface area contributed by atoms with Crippen molar-refractivity contribution in [3.8, 4) is 5.75 Å². The number of rotatable bonds is 7. The SMILES string of the molecule is CCC(=O)Oc1ccccc1CC(c1ccccc1)N1CCN(C2CCCCC2)CC1.Cl. The summed E-state index contributed by atoms with van der Waals surface area (Å²) >= 11 is 0. The molecule has 4 rings (SSSR count).